The van der Waals surface area contributed by atoms with Crippen molar-refractivity contribution < 1.29 is 23.5 Å². The van der Waals surface area contributed by atoms with Crippen molar-refractivity contribution in [2.24, 2.45) is 0 Å². The summed E-state index contributed by atoms with van der Waals surface area (Å²) in [4.78, 5) is 14.2. The molecule has 0 fully saturated rings. The van der Waals surface area contributed by atoms with Crippen molar-refractivity contribution in [3.8, 4) is 0 Å². The second kappa shape index (κ2) is 13.2. The van der Waals surface area contributed by atoms with Crippen LogP contribution in [0.3, 0.4) is 0 Å². The molecule has 2 N–H and O–H groups in total. The normalized spacial score (nSPS) is 12.9. The van der Waals surface area contributed by atoms with Crippen LogP contribution in [0, 0.1) is 0 Å². The predicted molar refractivity (Wildman–Crippen MR) is 110 cm³/mol. The molecule has 0 spiro atoms. The predicted octanol–water partition coefficient (Wildman–Crippen LogP) is 4.00. The van der Waals surface area contributed by atoms with Crippen LogP contribution >= 0.6 is 19.4 Å². The third-order valence-corrected chi connectivity index (χ3v) is 7.01. The Kier molecular flexibility index (Phi) is 11.7. The number of amides is 1. The summed E-state index contributed by atoms with van der Waals surface area (Å²) in [7, 11) is -1.13. The lowest BCUT2D eigenvalue weighted by molar-refractivity contribution is 0.189. The molecule has 0 radical (unpaired) electrons. The number of hydrogen-bond donors (Lipinski definition) is 2. The first-order chi connectivity index (χ1) is 12.9. The zero-order valence-corrected chi connectivity index (χ0v) is 18.0. The van der Waals surface area contributed by atoms with Crippen molar-refractivity contribution >= 4 is 25.5 Å². The summed E-state index contributed by atoms with van der Waals surface area (Å²) in [5.41, 5.74) is 0. The molecule has 0 aliphatic heterocycles. The van der Waals surface area contributed by atoms with Gasteiger partial charge in [-0.05, 0) is 46.0 Å². The number of thioether (sulfide) groups is 1. The summed E-state index contributed by atoms with van der Waals surface area (Å²) >= 11 is 1.62. The molecule has 0 aliphatic carbocycles. The zero-order chi connectivity index (χ0) is 20.1. The maximum atomic E-state index is 12.5. The first-order valence-corrected chi connectivity index (χ1v) is 11.8. The van der Waals surface area contributed by atoms with Gasteiger partial charge in [-0.25, -0.2) is 4.79 Å². The van der Waals surface area contributed by atoms with Gasteiger partial charge in [-0.1, -0.05) is 18.2 Å². The number of carbonyl (C=O) groups is 1. The quantitative estimate of drug-likeness (QED) is 0.349. The third kappa shape index (κ3) is 10.8. The van der Waals surface area contributed by atoms with Gasteiger partial charge >= 0.3 is 13.7 Å². The van der Waals surface area contributed by atoms with Crippen LogP contribution in [-0.2, 0) is 13.6 Å². The fourth-order valence-electron chi connectivity index (χ4n) is 2.43. The van der Waals surface area contributed by atoms with Crippen molar-refractivity contribution in [3.05, 3.63) is 30.3 Å². The molecular weight excluding hydrogens is 387 g/mol. The topological polar surface area (TPSA) is 88.1 Å². The lowest BCUT2D eigenvalue weighted by Crippen LogP contribution is -2.38. The highest BCUT2D eigenvalue weighted by Crippen LogP contribution is 2.47. The van der Waals surface area contributed by atoms with E-state index in [1.165, 1.54) is 0 Å². The van der Waals surface area contributed by atoms with Crippen LogP contribution < -0.4 is 5.32 Å². The Hall–Kier alpha value is -1.05. The van der Waals surface area contributed by atoms with Crippen LogP contribution in [0.1, 0.15) is 20.3 Å². The monoisotopic (exact) mass is 418 g/mol. The van der Waals surface area contributed by atoms with E-state index in [1.807, 2.05) is 42.3 Å². The van der Waals surface area contributed by atoms with Crippen molar-refractivity contribution in [2.75, 3.05) is 45.3 Å². The molecule has 9 heteroatoms. The molecule has 1 amide bonds. The molecule has 7 nitrogen and oxygen atoms in total. The van der Waals surface area contributed by atoms with E-state index in [4.69, 9.17) is 14.2 Å². The second-order valence-corrected chi connectivity index (χ2v) is 9.31. The molecule has 0 saturated carbocycles. The number of nitrogens with zero attached hydrogens (tertiary/aromatic N) is 1. The number of nitrogens with one attached hydrogen (secondary N) is 1. The maximum Gasteiger partial charge on any atom is 0.404 e. The van der Waals surface area contributed by atoms with Gasteiger partial charge in [0.1, 0.15) is 0 Å². The zero-order valence-electron chi connectivity index (χ0n) is 16.3. The maximum absolute atomic E-state index is 12.5. The molecule has 0 aliphatic rings. The first-order valence-electron chi connectivity index (χ1n) is 9.12. The van der Waals surface area contributed by atoms with E-state index >= 15 is 0 Å². The smallest absolute Gasteiger partial charge is 0.404 e. The van der Waals surface area contributed by atoms with Crippen LogP contribution in [0.2, 0.25) is 0 Å². The molecule has 1 aromatic carbocycles. The molecule has 1 aromatic rings. The molecule has 27 heavy (non-hydrogen) atoms. The Balaban J connectivity index is 2.46. The Morgan fingerprint density at radius 1 is 1.22 bits per heavy atom. The van der Waals surface area contributed by atoms with Crippen molar-refractivity contribution in [3.63, 3.8) is 0 Å². The Morgan fingerprint density at radius 3 is 2.41 bits per heavy atom. The van der Waals surface area contributed by atoms with E-state index in [1.54, 1.807) is 25.6 Å². The molecule has 0 heterocycles. The van der Waals surface area contributed by atoms with Gasteiger partial charge < -0.3 is 24.4 Å². The van der Waals surface area contributed by atoms with E-state index in [2.05, 4.69) is 5.32 Å². The SMILES string of the molecule is CCOP(=O)(CCN(C)CCC(CSc1ccccc1)NC(=O)O)OCC. The highest BCUT2D eigenvalue weighted by molar-refractivity contribution is 7.99. The first kappa shape index (κ1) is 24.0. The summed E-state index contributed by atoms with van der Waals surface area (Å²) in [6, 6.07) is 9.73. The fraction of sp³-hybridized carbons (Fsp3) is 0.611. The molecule has 0 saturated heterocycles. The van der Waals surface area contributed by atoms with Gasteiger partial charge in [0, 0.05) is 23.2 Å². The van der Waals surface area contributed by atoms with Crippen molar-refractivity contribution in [1.82, 2.24) is 10.2 Å². The van der Waals surface area contributed by atoms with Crippen LogP contribution in [0.4, 0.5) is 4.79 Å². The van der Waals surface area contributed by atoms with Gasteiger partial charge in [-0.2, -0.15) is 0 Å². The largest absolute Gasteiger partial charge is 0.465 e. The Labute approximate surface area is 166 Å². The number of carboxylic acid groups (broad SMARTS) is 1. The lowest BCUT2D eigenvalue weighted by atomic mass is 10.2. The summed E-state index contributed by atoms with van der Waals surface area (Å²) in [6.07, 6.45) is -0.0366. The average molecular weight is 418 g/mol. The number of rotatable bonds is 14. The molecule has 1 atom stereocenters. The molecule has 1 rings (SSSR count). The molecule has 1 unspecified atom stereocenters. The number of hydrogen-bond acceptors (Lipinski definition) is 6. The summed E-state index contributed by atoms with van der Waals surface area (Å²) < 4.78 is 23.1. The Bertz CT molecular complexity index is 580. The summed E-state index contributed by atoms with van der Waals surface area (Å²) in [5, 5.41) is 11.7. The highest BCUT2D eigenvalue weighted by Gasteiger charge is 2.24. The van der Waals surface area contributed by atoms with Crippen LogP contribution in [0.15, 0.2) is 35.2 Å². The van der Waals surface area contributed by atoms with Gasteiger partial charge in [0.15, 0.2) is 0 Å². The third-order valence-electron chi connectivity index (χ3n) is 3.79. The minimum absolute atomic E-state index is 0.166. The van der Waals surface area contributed by atoms with E-state index in [9.17, 15) is 9.36 Å². The van der Waals surface area contributed by atoms with Crippen LogP contribution in [0.25, 0.3) is 0 Å². The summed E-state index contributed by atoms with van der Waals surface area (Å²) in [5.74, 6) is 0.653. The van der Waals surface area contributed by atoms with E-state index in [0.717, 1.165) is 4.90 Å². The van der Waals surface area contributed by atoms with E-state index in [-0.39, 0.29) is 6.04 Å². The number of benzene rings is 1. The minimum Gasteiger partial charge on any atom is -0.465 e. The van der Waals surface area contributed by atoms with Gasteiger partial charge in [0.05, 0.1) is 19.4 Å². The lowest BCUT2D eigenvalue weighted by Gasteiger charge is -2.23. The molecular formula is C18H31N2O5PS. The van der Waals surface area contributed by atoms with Gasteiger partial charge in [0.25, 0.3) is 0 Å². The molecule has 0 aromatic heterocycles. The fourth-order valence-corrected chi connectivity index (χ4v) is 5.13. The van der Waals surface area contributed by atoms with Gasteiger partial charge in [0.2, 0.25) is 0 Å². The van der Waals surface area contributed by atoms with Gasteiger partial charge in [-0.3, -0.25) is 4.57 Å². The molecule has 154 valence electrons. The summed E-state index contributed by atoms with van der Waals surface area (Å²) in [6.45, 7) is 5.52. The highest BCUT2D eigenvalue weighted by atomic mass is 32.2. The second-order valence-electron chi connectivity index (χ2n) is 6.03. The Morgan fingerprint density at radius 2 is 1.85 bits per heavy atom. The minimum atomic E-state index is -3.05. The van der Waals surface area contributed by atoms with E-state index in [0.29, 0.717) is 44.6 Å². The average Bonchev–Trinajstić information content (AvgIpc) is 2.63. The van der Waals surface area contributed by atoms with Gasteiger partial charge in [-0.15, -0.1) is 11.8 Å². The standard InChI is InChI=1S/C18H31N2O5PS/c1-4-24-26(23,25-5-2)14-13-20(3)12-11-16(19-18(21)22)15-27-17-9-7-6-8-10-17/h6-10,16,19H,4-5,11-15H2,1-3H3,(H,21,22). The van der Waals surface area contributed by atoms with Crippen LogP contribution in [0.5, 0.6) is 0 Å². The van der Waals surface area contributed by atoms with Crippen molar-refractivity contribution in [2.45, 2.75) is 31.2 Å². The van der Waals surface area contributed by atoms with E-state index < -0.39 is 13.7 Å². The van der Waals surface area contributed by atoms with Crippen molar-refractivity contribution in [1.29, 1.82) is 0 Å². The molecule has 0 bridgehead atoms. The van der Waals surface area contributed by atoms with Crippen LogP contribution in [-0.4, -0.2) is 67.4 Å².